The average molecular weight is 482 g/mol. The zero-order valence-corrected chi connectivity index (χ0v) is 20.9. The van der Waals surface area contributed by atoms with Crippen molar-refractivity contribution in [1.82, 2.24) is 9.80 Å². The molecule has 2 amide bonds. The number of hydrogen-bond acceptors (Lipinski definition) is 4. The molecule has 190 valence electrons. The molecule has 1 aromatic rings. The maximum atomic E-state index is 13.4. The van der Waals surface area contributed by atoms with E-state index in [-0.39, 0.29) is 29.7 Å². The number of benzene rings is 1. The number of nitrogens with zero attached hydrogens (tertiary/aromatic N) is 2. The molecule has 34 heavy (non-hydrogen) atoms. The number of imide groups is 1. The maximum Gasteiger partial charge on any atom is 0.416 e. The van der Waals surface area contributed by atoms with Crippen LogP contribution in [-0.4, -0.2) is 46.8 Å². The minimum absolute atomic E-state index is 0.104. The van der Waals surface area contributed by atoms with Crippen LogP contribution >= 0.6 is 0 Å². The van der Waals surface area contributed by atoms with Crippen molar-refractivity contribution in [2.45, 2.75) is 78.7 Å². The molecule has 2 aliphatic rings. The molecule has 1 aliphatic carbocycles. The van der Waals surface area contributed by atoms with Gasteiger partial charge in [-0.15, -0.1) is 0 Å². The molecule has 0 unspecified atom stereocenters. The number of nitrogens with two attached hydrogens (primary N) is 1. The zero-order valence-electron chi connectivity index (χ0n) is 20.9. The number of hydrogen-bond donors (Lipinski definition) is 1. The lowest BCUT2D eigenvalue weighted by Crippen LogP contribution is -2.56. The Labute approximate surface area is 200 Å². The Hall–Kier alpha value is -1.93. The highest BCUT2D eigenvalue weighted by Gasteiger charge is 2.49. The van der Waals surface area contributed by atoms with Gasteiger partial charge in [-0.1, -0.05) is 52.8 Å². The van der Waals surface area contributed by atoms with Crippen LogP contribution in [0.3, 0.4) is 0 Å². The summed E-state index contributed by atoms with van der Waals surface area (Å²) < 4.78 is 39.3. The van der Waals surface area contributed by atoms with Gasteiger partial charge >= 0.3 is 6.18 Å². The van der Waals surface area contributed by atoms with Gasteiger partial charge in [0.2, 0.25) is 11.8 Å². The average Bonchev–Trinajstić information content (AvgIpc) is 3.27. The number of rotatable bonds is 6. The summed E-state index contributed by atoms with van der Waals surface area (Å²) in [6.07, 6.45) is -2.23. The molecule has 0 aromatic heterocycles. The van der Waals surface area contributed by atoms with Crippen LogP contribution < -0.4 is 5.73 Å². The topological polar surface area (TPSA) is 66.6 Å². The first-order chi connectivity index (χ1) is 15.7. The van der Waals surface area contributed by atoms with E-state index in [0.29, 0.717) is 31.0 Å². The van der Waals surface area contributed by atoms with E-state index in [1.807, 2.05) is 34.6 Å². The molecule has 0 spiro atoms. The Morgan fingerprint density at radius 1 is 1.15 bits per heavy atom. The second kappa shape index (κ2) is 9.97. The standard InChI is InChI=1S/C26H38F3N3O2/c1-16(2)11-21(30)23(33)32(24(34)25(3,4)5)22-10-9-18-14-31(15-20(18)22)13-17-7-6-8-19(12-17)26(27,28)29/h6-8,12,16,18,20-22H,9-11,13-15,30H2,1-5H3/t18-,20+,21-,22+/m0/s1. The quantitative estimate of drug-likeness (QED) is 0.640. The number of fused-ring (bicyclic) bond motifs is 1. The summed E-state index contributed by atoms with van der Waals surface area (Å²) in [6, 6.07) is 4.48. The number of carbonyl (C=O) groups excluding carboxylic acids is 2. The lowest BCUT2D eigenvalue weighted by molar-refractivity contribution is -0.155. The minimum atomic E-state index is -4.37. The molecule has 0 radical (unpaired) electrons. The molecule has 0 bridgehead atoms. The summed E-state index contributed by atoms with van der Waals surface area (Å²) in [5.41, 5.74) is 5.49. The summed E-state index contributed by atoms with van der Waals surface area (Å²) in [4.78, 5) is 30.4. The predicted octanol–water partition coefficient (Wildman–Crippen LogP) is 4.69. The maximum absolute atomic E-state index is 13.4. The number of likely N-dealkylation sites (tertiary alicyclic amines) is 1. The van der Waals surface area contributed by atoms with Crippen molar-refractivity contribution in [1.29, 1.82) is 0 Å². The Morgan fingerprint density at radius 3 is 2.41 bits per heavy atom. The van der Waals surface area contributed by atoms with Crippen LogP contribution in [0.5, 0.6) is 0 Å². The molecule has 5 nitrogen and oxygen atoms in total. The monoisotopic (exact) mass is 481 g/mol. The molecule has 1 heterocycles. The Balaban J connectivity index is 1.78. The van der Waals surface area contributed by atoms with E-state index in [9.17, 15) is 22.8 Å². The highest BCUT2D eigenvalue weighted by molar-refractivity contribution is 6.00. The Morgan fingerprint density at radius 2 is 1.82 bits per heavy atom. The molecule has 1 aliphatic heterocycles. The molecule has 1 aromatic carbocycles. The third kappa shape index (κ3) is 6.00. The summed E-state index contributed by atoms with van der Waals surface area (Å²) >= 11 is 0. The normalized spacial score (nSPS) is 24.4. The fourth-order valence-corrected chi connectivity index (χ4v) is 5.45. The largest absolute Gasteiger partial charge is 0.416 e. The number of halogens is 3. The SMILES string of the molecule is CC(C)C[C@H](N)C(=O)N(C(=O)C(C)(C)C)[C@@H]1CC[C@H]2CN(Cc3cccc(C(F)(F)F)c3)C[C@H]21. The van der Waals surface area contributed by atoms with E-state index in [2.05, 4.69) is 4.90 Å². The van der Waals surface area contributed by atoms with E-state index < -0.39 is 23.2 Å². The Bertz CT molecular complexity index is 894. The zero-order chi connectivity index (χ0) is 25.4. The van der Waals surface area contributed by atoms with Crippen molar-refractivity contribution in [3.8, 4) is 0 Å². The summed E-state index contributed by atoms with van der Waals surface area (Å²) in [7, 11) is 0. The van der Waals surface area contributed by atoms with Crippen LogP contribution in [0.4, 0.5) is 13.2 Å². The fourth-order valence-electron chi connectivity index (χ4n) is 5.45. The van der Waals surface area contributed by atoms with E-state index in [1.165, 1.54) is 17.0 Å². The van der Waals surface area contributed by atoms with E-state index >= 15 is 0 Å². The fraction of sp³-hybridized carbons (Fsp3) is 0.692. The summed E-state index contributed by atoms with van der Waals surface area (Å²) in [5, 5.41) is 0. The van der Waals surface area contributed by atoms with Gasteiger partial charge in [0.1, 0.15) is 0 Å². The van der Waals surface area contributed by atoms with Crippen molar-refractivity contribution in [3.05, 3.63) is 35.4 Å². The second-order valence-electron chi connectivity index (χ2n) is 11.5. The highest BCUT2D eigenvalue weighted by Crippen LogP contribution is 2.42. The third-order valence-electron chi connectivity index (χ3n) is 7.03. The van der Waals surface area contributed by atoms with Crippen LogP contribution in [0, 0.1) is 23.2 Å². The van der Waals surface area contributed by atoms with Crippen LogP contribution in [-0.2, 0) is 22.3 Å². The lowest BCUT2D eigenvalue weighted by Gasteiger charge is -2.37. The number of carbonyl (C=O) groups is 2. The molecular weight excluding hydrogens is 443 g/mol. The van der Waals surface area contributed by atoms with Gasteiger partial charge in [-0.05, 0) is 48.6 Å². The van der Waals surface area contributed by atoms with Crippen LogP contribution in [0.25, 0.3) is 0 Å². The molecule has 4 atom stereocenters. The first kappa shape index (κ1) is 26.7. The van der Waals surface area contributed by atoms with E-state index in [4.69, 9.17) is 5.73 Å². The van der Waals surface area contributed by atoms with E-state index in [1.54, 1.807) is 6.07 Å². The van der Waals surface area contributed by atoms with Gasteiger partial charge in [-0.2, -0.15) is 13.2 Å². The van der Waals surface area contributed by atoms with Gasteiger partial charge < -0.3 is 5.73 Å². The van der Waals surface area contributed by atoms with Crippen LogP contribution in [0.1, 0.15) is 65.0 Å². The van der Waals surface area contributed by atoms with Gasteiger partial charge in [0.15, 0.2) is 0 Å². The molecule has 1 saturated heterocycles. The van der Waals surface area contributed by atoms with Crippen molar-refractivity contribution in [3.63, 3.8) is 0 Å². The van der Waals surface area contributed by atoms with E-state index in [0.717, 1.165) is 25.5 Å². The molecule has 8 heteroatoms. The summed E-state index contributed by atoms with van der Waals surface area (Å²) in [6.45, 7) is 11.2. The van der Waals surface area contributed by atoms with Crippen LogP contribution in [0.15, 0.2) is 24.3 Å². The predicted molar refractivity (Wildman–Crippen MR) is 125 cm³/mol. The molecule has 2 N–H and O–H groups in total. The summed E-state index contributed by atoms with van der Waals surface area (Å²) in [5.74, 6) is 0.123. The van der Waals surface area contributed by atoms with Gasteiger partial charge in [-0.3, -0.25) is 19.4 Å². The first-order valence-corrected chi connectivity index (χ1v) is 12.2. The van der Waals surface area contributed by atoms with Gasteiger partial charge in [0, 0.05) is 31.1 Å². The molecular formula is C26H38F3N3O2. The van der Waals surface area contributed by atoms with Gasteiger partial charge in [-0.25, -0.2) is 0 Å². The smallest absolute Gasteiger partial charge is 0.320 e. The van der Waals surface area contributed by atoms with Gasteiger partial charge in [0.05, 0.1) is 11.6 Å². The first-order valence-electron chi connectivity index (χ1n) is 12.2. The van der Waals surface area contributed by atoms with Crippen molar-refractivity contribution >= 4 is 11.8 Å². The lowest BCUT2D eigenvalue weighted by atomic mass is 9.90. The molecule has 2 fully saturated rings. The Kier molecular flexibility index (Phi) is 7.82. The number of amides is 2. The van der Waals surface area contributed by atoms with Crippen LogP contribution in [0.2, 0.25) is 0 Å². The van der Waals surface area contributed by atoms with Crippen molar-refractivity contribution < 1.29 is 22.8 Å². The molecule has 1 saturated carbocycles. The minimum Gasteiger partial charge on any atom is -0.320 e. The van der Waals surface area contributed by atoms with Crippen molar-refractivity contribution in [2.24, 2.45) is 28.9 Å². The third-order valence-corrected chi connectivity index (χ3v) is 7.03. The second-order valence-corrected chi connectivity index (χ2v) is 11.5. The highest BCUT2D eigenvalue weighted by atomic mass is 19.4. The number of alkyl halides is 3. The molecule has 3 rings (SSSR count). The van der Waals surface area contributed by atoms with Crippen molar-refractivity contribution in [2.75, 3.05) is 13.1 Å². The van der Waals surface area contributed by atoms with Gasteiger partial charge in [0.25, 0.3) is 0 Å².